The summed E-state index contributed by atoms with van der Waals surface area (Å²) in [6.07, 6.45) is 10.6. The molecule has 0 aromatic carbocycles. The Morgan fingerprint density at radius 3 is 1.95 bits per heavy atom. The first-order valence-electron chi connectivity index (χ1n) is 22.1. The van der Waals surface area contributed by atoms with Crippen molar-refractivity contribution in [2.45, 2.75) is 177 Å². The Morgan fingerprint density at radius 2 is 1.33 bits per heavy atom. The smallest absolute Gasteiger partial charge is 0.311 e. The number of carboxylic acid groups (broad SMARTS) is 1. The van der Waals surface area contributed by atoms with Crippen LogP contribution in [0, 0.1) is 17.8 Å². The van der Waals surface area contributed by atoms with Crippen LogP contribution in [0.2, 0.25) is 0 Å². The van der Waals surface area contributed by atoms with Crippen LogP contribution in [0.15, 0.2) is 85.1 Å². The topological polar surface area (TPSA) is 279 Å². The number of aliphatic carboxylic acids is 1. The number of rotatable bonds is 3. The van der Waals surface area contributed by atoms with Gasteiger partial charge in [-0.2, -0.15) is 0 Å². The predicted octanol–water partition coefficient (Wildman–Crippen LogP) is 2.77. The van der Waals surface area contributed by atoms with E-state index < -0.39 is 110 Å². The summed E-state index contributed by atoms with van der Waals surface area (Å²) >= 11 is 0. The van der Waals surface area contributed by atoms with Gasteiger partial charge in [-0.1, -0.05) is 98.9 Å². The fourth-order valence-electron chi connectivity index (χ4n) is 7.84. The average molecular weight is 892 g/mol. The zero-order chi connectivity index (χ0) is 46.7. The van der Waals surface area contributed by atoms with Crippen LogP contribution >= 0.6 is 0 Å². The van der Waals surface area contributed by atoms with Crippen LogP contribution in [0.3, 0.4) is 0 Å². The van der Waals surface area contributed by atoms with Crippen molar-refractivity contribution < 1.29 is 74.5 Å². The first-order chi connectivity index (χ1) is 29.8. The van der Waals surface area contributed by atoms with Gasteiger partial charge in [0.1, 0.15) is 18.1 Å². The van der Waals surface area contributed by atoms with Crippen LogP contribution in [0.1, 0.15) is 91.9 Å². The standard InChI is InChI=1S/C47H73NO15/c1-29-19-16-14-12-10-8-6-5-7-9-11-13-15-17-21-35(62-46-44(56)42(48)43(55)32(4)61-46)26-39-41(45(57)58)38(53)28-47(59,63-39)27-34(50)25-37(52)36(51)24-23-33(49)20-18-22-40(54)60-31(3)30(29)2/h5-17,21,29-39,41-44,46,49-53,55-56,59H,18-20,22-28,48H2,1-4H3,(H,57,58)/b7-5+,8-6+,11-9+,12-10+,15-13+,16-14+,21-17+/t29-,30-,31+,32?,33+,34+,35+,36-,37-,38+,39+,41?,42?,43?,44?,46?,47-/m1/s1. The molecule has 16 nitrogen and oxygen atoms in total. The third-order valence-corrected chi connectivity index (χ3v) is 12.0. The van der Waals surface area contributed by atoms with Crippen molar-refractivity contribution in [3.63, 3.8) is 0 Å². The Balaban J connectivity index is 1.83. The van der Waals surface area contributed by atoms with Crippen molar-refractivity contribution in [3.05, 3.63) is 85.1 Å². The molecule has 0 radical (unpaired) electrons. The van der Waals surface area contributed by atoms with E-state index in [1.165, 1.54) is 6.08 Å². The summed E-state index contributed by atoms with van der Waals surface area (Å²) in [5.41, 5.74) is 6.02. The molecule has 2 bridgehead atoms. The van der Waals surface area contributed by atoms with Gasteiger partial charge >= 0.3 is 11.9 Å². The van der Waals surface area contributed by atoms with Crippen molar-refractivity contribution in [3.8, 4) is 0 Å². The van der Waals surface area contributed by atoms with Crippen LogP contribution in [-0.4, -0.2) is 143 Å². The minimum Gasteiger partial charge on any atom is -0.481 e. The molecule has 0 aromatic rings. The number of carboxylic acids is 1. The molecule has 3 rings (SSSR count). The zero-order valence-electron chi connectivity index (χ0n) is 36.9. The second-order valence-electron chi connectivity index (χ2n) is 17.3. The number of nitrogens with two attached hydrogens (primary N) is 1. The van der Waals surface area contributed by atoms with Crippen molar-refractivity contribution in [1.29, 1.82) is 0 Å². The fraction of sp³-hybridized carbons (Fsp3) is 0.660. The molecule has 63 heavy (non-hydrogen) atoms. The molecular weight excluding hydrogens is 819 g/mol. The highest BCUT2D eigenvalue weighted by Gasteiger charge is 2.51. The Kier molecular flexibility index (Phi) is 23.3. The van der Waals surface area contributed by atoms with E-state index in [0.29, 0.717) is 6.42 Å². The number of hydrogen-bond donors (Lipinski definition) is 10. The van der Waals surface area contributed by atoms with Gasteiger partial charge in [0.15, 0.2) is 12.1 Å². The number of esters is 1. The van der Waals surface area contributed by atoms with Gasteiger partial charge in [0.05, 0.1) is 61.0 Å². The van der Waals surface area contributed by atoms with Gasteiger partial charge in [0.2, 0.25) is 0 Å². The fourth-order valence-corrected chi connectivity index (χ4v) is 7.84. The Bertz CT molecular complexity index is 1600. The number of allylic oxidation sites excluding steroid dienone is 13. The van der Waals surface area contributed by atoms with Gasteiger partial charge in [0.25, 0.3) is 0 Å². The molecule has 3 heterocycles. The lowest BCUT2D eigenvalue weighted by Gasteiger charge is -2.45. The minimum atomic E-state index is -2.28. The van der Waals surface area contributed by atoms with Crippen LogP contribution in [-0.2, 0) is 28.5 Å². The summed E-state index contributed by atoms with van der Waals surface area (Å²) in [4.78, 5) is 25.0. The van der Waals surface area contributed by atoms with Crippen molar-refractivity contribution >= 4 is 11.9 Å². The van der Waals surface area contributed by atoms with Crippen molar-refractivity contribution in [1.82, 2.24) is 0 Å². The molecule has 0 spiro atoms. The maximum atomic E-state index is 12.6. The minimum absolute atomic E-state index is 0.0335. The number of hydrogen-bond acceptors (Lipinski definition) is 15. The van der Waals surface area contributed by atoms with E-state index in [1.54, 1.807) is 37.3 Å². The van der Waals surface area contributed by atoms with Gasteiger partial charge in [-0.3, -0.25) is 9.59 Å². The molecule has 3 aliphatic rings. The monoisotopic (exact) mass is 891 g/mol. The number of cyclic esters (lactones) is 1. The molecule has 356 valence electrons. The Morgan fingerprint density at radius 1 is 0.730 bits per heavy atom. The average Bonchev–Trinajstić information content (AvgIpc) is 3.20. The molecule has 0 amide bonds. The molecule has 2 saturated heterocycles. The lowest BCUT2D eigenvalue weighted by Crippen LogP contribution is -2.61. The predicted molar refractivity (Wildman–Crippen MR) is 234 cm³/mol. The van der Waals surface area contributed by atoms with E-state index in [1.807, 2.05) is 56.4 Å². The summed E-state index contributed by atoms with van der Waals surface area (Å²) in [5, 5.41) is 96.7. The van der Waals surface area contributed by atoms with Crippen LogP contribution < -0.4 is 5.73 Å². The Hall–Kier alpha value is -3.36. The Labute approximate surface area is 371 Å². The number of fused-ring (bicyclic) bond motifs is 2. The molecule has 11 N–H and O–H groups in total. The van der Waals surface area contributed by atoms with Gasteiger partial charge < -0.3 is 70.6 Å². The third-order valence-electron chi connectivity index (χ3n) is 12.0. The van der Waals surface area contributed by atoms with Crippen LogP contribution in [0.4, 0.5) is 0 Å². The summed E-state index contributed by atoms with van der Waals surface area (Å²) in [6.45, 7) is 7.56. The molecular formula is C47H73NO15. The van der Waals surface area contributed by atoms with E-state index in [-0.39, 0.29) is 56.0 Å². The maximum absolute atomic E-state index is 12.6. The van der Waals surface area contributed by atoms with E-state index in [0.717, 1.165) is 6.42 Å². The normalized spacial score (nSPS) is 44.2. The highest BCUT2D eigenvalue weighted by atomic mass is 16.7. The molecule has 2 fully saturated rings. The highest BCUT2D eigenvalue weighted by Crippen LogP contribution is 2.38. The molecule has 0 aliphatic carbocycles. The van der Waals surface area contributed by atoms with Gasteiger partial charge in [-0.25, -0.2) is 0 Å². The van der Waals surface area contributed by atoms with E-state index in [9.17, 15) is 55.5 Å². The highest BCUT2D eigenvalue weighted by molar-refractivity contribution is 5.71. The zero-order valence-corrected chi connectivity index (χ0v) is 36.9. The second-order valence-corrected chi connectivity index (χ2v) is 17.3. The summed E-state index contributed by atoms with van der Waals surface area (Å²) in [6, 6.07) is -1.13. The molecule has 0 saturated carbocycles. The van der Waals surface area contributed by atoms with E-state index in [4.69, 9.17) is 24.7 Å². The van der Waals surface area contributed by atoms with Crippen LogP contribution in [0.5, 0.6) is 0 Å². The van der Waals surface area contributed by atoms with Gasteiger partial charge in [0, 0.05) is 32.1 Å². The van der Waals surface area contributed by atoms with Crippen LogP contribution in [0.25, 0.3) is 0 Å². The maximum Gasteiger partial charge on any atom is 0.311 e. The quantitative estimate of drug-likeness (QED) is 0.182. The summed E-state index contributed by atoms with van der Waals surface area (Å²) in [7, 11) is 0. The lowest BCUT2D eigenvalue weighted by molar-refractivity contribution is -0.308. The number of aliphatic hydroxyl groups excluding tert-OH is 7. The first-order valence-corrected chi connectivity index (χ1v) is 22.1. The largest absolute Gasteiger partial charge is 0.481 e. The van der Waals surface area contributed by atoms with E-state index >= 15 is 0 Å². The summed E-state index contributed by atoms with van der Waals surface area (Å²) < 4.78 is 23.4. The molecule has 0 aromatic heterocycles. The SMILES string of the molecule is CC1OC(O[C@H]2/C=C/C=C/C=C/C=C/C=C/C=C/C=C/C[C@@H](C)[C@@H](C)[C@H](C)OC(=O)CCC[C@H](O)CC[C@@H](O)[C@H](O)C[C@H](O)C[C@]3(O)C[C@H](O)C(C(=O)O)[C@H](C2)O3)C(O)C(N)C1O. The lowest BCUT2D eigenvalue weighted by atomic mass is 9.82. The summed E-state index contributed by atoms with van der Waals surface area (Å²) in [5.74, 6) is -5.27. The molecule has 3 aliphatic heterocycles. The third kappa shape index (κ3) is 18.6. The van der Waals surface area contributed by atoms with E-state index in [2.05, 4.69) is 13.0 Å². The second kappa shape index (κ2) is 27.2. The number of carbonyl (C=O) groups is 2. The first kappa shape index (κ1) is 54.0. The molecule has 16 heteroatoms. The number of aliphatic hydroxyl groups is 8. The van der Waals surface area contributed by atoms with Gasteiger partial charge in [-0.05, 0) is 57.8 Å². The number of carbonyl (C=O) groups excluding carboxylic acids is 1. The van der Waals surface area contributed by atoms with Crippen molar-refractivity contribution in [2.24, 2.45) is 23.5 Å². The number of ether oxygens (including phenoxy) is 4. The van der Waals surface area contributed by atoms with Gasteiger partial charge in [-0.15, -0.1) is 0 Å². The van der Waals surface area contributed by atoms with Crippen molar-refractivity contribution in [2.75, 3.05) is 0 Å². The molecule has 17 atom stereocenters. The molecule has 6 unspecified atom stereocenters.